The number of hydrogen-bond donors (Lipinski definition) is 2. The van der Waals surface area contributed by atoms with Crippen LogP contribution in [0.25, 0.3) is 0 Å². The van der Waals surface area contributed by atoms with Gasteiger partial charge >= 0.3 is 5.97 Å². The van der Waals surface area contributed by atoms with E-state index in [1.807, 2.05) is 0 Å². The summed E-state index contributed by atoms with van der Waals surface area (Å²) in [5.74, 6) is 0.556. The fourth-order valence-electron chi connectivity index (χ4n) is 1.37. The monoisotopic (exact) mass is 245 g/mol. The molecule has 0 aliphatic heterocycles. The van der Waals surface area contributed by atoms with Crippen LogP contribution in [0.4, 0.5) is 11.5 Å². The van der Waals surface area contributed by atoms with Gasteiger partial charge in [0.05, 0.1) is 0 Å². The number of anilines is 2. The van der Waals surface area contributed by atoms with Gasteiger partial charge in [-0.25, -0.2) is 5.10 Å². The molecule has 6 nitrogen and oxygen atoms in total. The summed E-state index contributed by atoms with van der Waals surface area (Å²) in [5.41, 5.74) is 0.433. The molecular weight excluding hydrogens is 234 g/mol. The van der Waals surface area contributed by atoms with Gasteiger partial charge in [-0.1, -0.05) is 6.07 Å². The minimum Gasteiger partial charge on any atom is -0.427 e. The molecule has 92 valence electrons. The number of esters is 1. The molecule has 18 heavy (non-hydrogen) atoms. The van der Waals surface area contributed by atoms with Crippen LogP contribution in [-0.4, -0.2) is 16.2 Å². The number of aromatic nitrogens is 2. The van der Waals surface area contributed by atoms with E-state index in [-0.39, 0.29) is 11.5 Å². The second-order valence-electron chi connectivity index (χ2n) is 3.55. The first-order valence-electron chi connectivity index (χ1n) is 5.25. The third-order valence-electron chi connectivity index (χ3n) is 2.05. The fourth-order valence-corrected chi connectivity index (χ4v) is 1.37. The van der Waals surface area contributed by atoms with Crippen molar-refractivity contribution in [2.24, 2.45) is 0 Å². The van der Waals surface area contributed by atoms with Crippen LogP contribution in [0.1, 0.15) is 6.92 Å². The highest BCUT2D eigenvalue weighted by molar-refractivity contribution is 5.70. The summed E-state index contributed by atoms with van der Waals surface area (Å²) in [7, 11) is 0. The highest BCUT2D eigenvalue weighted by Gasteiger charge is 2.01. The average molecular weight is 245 g/mol. The SMILES string of the molecule is CC(=O)Oc1cccc(Nc2ccc(=O)[nH]n2)c1. The predicted octanol–water partition coefficient (Wildman–Crippen LogP) is 1.44. The van der Waals surface area contributed by atoms with Crippen LogP contribution in [0.2, 0.25) is 0 Å². The van der Waals surface area contributed by atoms with Crippen molar-refractivity contribution < 1.29 is 9.53 Å². The van der Waals surface area contributed by atoms with Crippen molar-refractivity contribution in [3.8, 4) is 5.75 Å². The molecule has 2 aromatic rings. The number of carbonyl (C=O) groups is 1. The van der Waals surface area contributed by atoms with E-state index in [1.165, 1.54) is 13.0 Å². The molecule has 1 aromatic heterocycles. The van der Waals surface area contributed by atoms with Gasteiger partial charge in [0.25, 0.3) is 5.56 Å². The smallest absolute Gasteiger partial charge is 0.308 e. The van der Waals surface area contributed by atoms with Crippen molar-refractivity contribution in [2.45, 2.75) is 6.92 Å². The van der Waals surface area contributed by atoms with E-state index in [9.17, 15) is 9.59 Å². The van der Waals surface area contributed by atoms with Gasteiger partial charge in [-0.15, -0.1) is 0 Å². The molecule has 0 saturated carbocycles. The highest BCUT2D eigenvalue weighted by Crippen LogP contribution is 2.19. The summed E-state index contributed by atoms with van der Waals surface area (Å²) in [6.07, 6.45) is 0. The van der Waals surface area contributed by atoms with Gasteiger partial charge in [-0.2, -0.15) is 5.10 Å². The Morgan fingerprint density at radius 1 is 1.33 bits per heavy atom. The summed E-state index contributed by atoms with van der Waals surface area (Å²) in [6, 6.07) is 9.79. The number of rotatable bonds is 3. The van der Waals surface area contributed by atoms with Gasteiger partial charge in [0.1, 0.15) is 5.75 Å². The Hall–Kier alpha value is -2.63. The third-order valence-corrected chi connectivity index (χ3v) is 2.05. The zero-order valence-corrected chi connectivity index (χ0v) is 9.64. The number of H-pyrrole nitrogens is 1. The first-order chi connectivity index (χ1) is 8.63. The van der Waals surface area contributed by atoms with E-state index in [2.05, 4.69) is 15.5 Å². The molecule has 0 aliphatic rings. The molecule has 2 N–H and O–H groups in total. The molecule has 1 heterocycles. The quantitative estimate of drug-likeness (QED) is 0.631. The molecule has 0 amide bonds. The van der Waals surface area contributed by atoms with E-state index < -0.39 is 0 Å². The van der Waals surface area contributed by atoms with E-state index in [4.69, 9.17) is 4.74 Å². The summed E-state index contributed by atoms with van der Waals surface area (Å²) in [4.78, 5) is 21.7. The molecule has 0 saturated heterocycles. The second kappa shape index (κ2) is 5.13. The number of nitrogens with one attached hydrogen (secondary N) is 2. The molecule has 0 spiro atoms. The molecule has 2 rings (SSSR count). The zero-order chi connectivity index (χ0) is 13.0. The van der Waals surface area contributed by atoms with Gasteiger partial charge in [0.2, 0.25) is 0 Å². The van der Waals surface area contributed by atoms with E-state index >= 15 is 0 Å². The van der Waals surface area contributed by atoms with Crippen LogP contribution in [-0.2, 0) is 4.79 Å². The van der Waals surface area contributed by atoms with Crippen molar-refractivity contribution in [1.29, 1.82) is 0 Å². The fraction of sp³-hybridized carbons (Fsp3) is 0.0833. The zero-order valence-electron chi connectivity index (χ0n) is 9.64. The maximum absolute atomic E-state index is 10.8. The van der Waals surface area contributed by atoms with E-state index in [1.54, 1.807) is 30.3 Å². The maximum atomic E-state index is 10.8. The average Bonchev–Trinajstić information content (AvgIpc) is 2.32. The van der Waals surface area contributed by atoms with Gasteiger partial charge in [0, 0.05) is 24.7 Å². The summed E-state index contributed by atoms with van der Waals surface area (Å²) >= 11 is 0. The van der Waals surface area contributed by atoms with E-state index in [0.717, 1.165) is 0 Å². The van der Waals surface area contributed by atoms with E-state index in [0.29, 0.717) is 17.3 Å². The largest absolute Gasteiger partial charge is 0.427 e. The van der Waals surface area contributed by atoms with Gasteiger partial charge in [-0.3, -0.25) is 9.59 Å². The van der Waals surface area contributed by atoms with Gasteiger partial charge in [0.15, 0.2) is 5.82 Å². The lowest BCUT2D eigenvalue weighted by atomic mass is 10.3. The standard InChI is InChI=1S/C12H11N3O3/c1-8(16)18-10-4-2-3-9(7-10)13-11-5-6-12(17)15-14-11/h2-7H,1H3,(H,13,14)(H,15,17). The van der Waals surface area contributed by atoms with Crippen molar-refractivity contribution in [3.63, 3.8) is 0 Å². The normalized spacial score (nSPS) is 9.83. The number of ether oxygens (including phenoxy) is 1. The van der Waals surface area contributed by atoms with Crippen LogP contribution >= 0.6 is 0 Å². The molecule has 0 atom stereocenters. The van der Waals surface area contributed by atoms with Crippen LogP contribution < -0.4 is 15.6 Å². The van der Waals surface area contributed by atoms with Crippen LogP contribution in [0, 0.1) is 0 Å². The van der Waals surface area contributed by atoms with Crippen LogP contribution in [0.5, 0.6) is 5.75 Å². The molecule has 0 radical (unpaired) electrons. The summed E-state index contributed by atoms with van der Waals surface area (Å²) < 4.78 is 4.95. The molecule has 0 unspecified atom stereocenters. The highest BCUT2D eigenvalue weighted by atomic mass is 16.5. The van der Waals surface area contributed by atoms with Crippen molar-refractivity contribution in [2.75, 3.05) is 5.32 Å². The Labute approximate surface area is 103 Å². The minimum absolute atomic E-state index is 0.269. The lowest BCUT2D eigenvalue weighted by molar-refractivity contribution is -0.131. The third kappa shape index (κ3) is 3.18. The molecule has 0 bridgehead atoms. The maximum Gasteiger partial charge on any atom is 0.308 e. The van der Waals surface area contributed by atoms with Crippen molar-refractivity contribution in [1.82, 2.24) is 10.2 Å². The number of nitrogens with zero attached hydrogens (tertiary/aromatic N) is 1. The minimum atomic E-state index is -0.380. The molecule has 1 aromatic carbocycles. The Bertz CT molecular complexity index is 601. The Kier molecular flexibility index (Phi) is 3.38. The lowest BCUT2D eigenvalue weighted by Crippen LogP contribution is -2.07. The summed E-state index contributed by atoms with van der Waals surface area (Å²) in [6.45, 7) is 1.34. The molecule has 0 fully saturated rings. The number of benzene rings is 1. The summed E-state index contributed by atoms with van der Waals surface area (Å²) in [5, 5.41) is 9.09. The van der Waals surface area contributed by atoms with Gasteiger partial charge in [-0.05, 0) is 18.2 Å². The Morgan fingerprint density at radius 2 is 2.17 bits per heavy atom. The molecule has 6 heteroatoms. The van der Waals surface area contributed by atoms with Crippen LogP contribution in [0.3, 0.4) is 0 Å². The molecule has 0 aliphatic carbocycles. The lowest BCUT2D eigenvalue weighted by Gasteiger charge is -2.06. The Balaban J connectivity index is 2.16. The molecular formula is C12H11N3O3. The first-order valence-corrected chi connectivity index (χ1v) is 5.25. The Morgan fingerprint density at radius 3 is 2.83 bits per heavy atom. The topological polar surface area (TPSA) is 84.1 Å². The number of aromatic amines is 1. The first kappa shape index (κ1) is 11.8. The number of hydrogen-bond acceptors (Lipinski definition) is 5. The van der Waals surface area contributed by atoms with Gasteiger partial charge < -0.3 is 10.1 Å². The van der Waals surface area contributed by atoms with Crippen molar-refractivity contribution in [3.05, 3.63) is 46.8 Å². The van der Waals surface area contributed by atoms with Crippen molar-refractivity contribution >= 4 is 17.5 Å². The predicted molar refractivity (Wildman–Crippen MR) is 65.9 cm³/mol. The van der Waals surface area contributed by atoms with Crippen LogP contribution in [0.15, 0.2) is 41.2 Å². The second-order valence-corrected chi connectivity index (χ2v) is 3.55. The number of carbonyl (C=O) groups excluding carboxylic acids is 1.